The molecule has 1 saturated heterocycles. The molecule has 0 spiro atoms. The number of anilines is 3. The average Bonchev–Trinajstić information content (AvgIpc) is 3.47. The number of aromatic nitrogens is 2. The fourth-order valence-corrected chi connectivity index (χ4v) is 6.12. The van der Waals surface area contributed by atoms with Gasteiger partial charge in [0.05, 0.1) is 11.9 Å². The number of likely N-dealkylation sites (tertiary alicyclic amines) is 1. The van der Waals surface area contributed by atoms with Gasteiger partial charge >= 0.3 is 12.1 Å². The Kier molecular flexibility index (Phi) is 10.9. The van der Waals surface area contributed by atoms with Crippen molar-refractivity contribution < 1.29 is 27.9 Å². The number of nitrogens with zero attached hydrogens (tertiary/aromatic N) is 5. The molecule has 0 saturated carbocycles. The molecule has 0 radical (unpaired) electrons. The number of benzene rings is 1. The Morgan fingerprint density at radius 3 is 2.27 bits per heavy atom. The summed E-state index contributed by atoms with van der Waals surface area (Å²) in [6.07, 6.45) is 3.47. The lowest BCUT2D eigenvalue weighted by Crippen LogP contribution is -2.37. The lowest BCUT2D eigenvalue weighted by molar-refractivity contribution is -0.137. The van der Waals surface area contributed by atoms with Crippen molar-refractivity contribution in [1.29, 1.82) is 0 Å². The van der Waals surface area contributed by atoms with Gasteiger partial charge in [-0.15, -0.1) is 0 Å². The smallest absolute Gasteiger partial charge is 0.415 e. The van der Waals surface area contributed by atoms with E-state index in [1.165, 1.54) is 10.5 Å². The van der Waals surface area contributed by atoms with Crippen LogP contribution >= 0.6 is 0 Å². The quantitative estimate of drug-likeness (QED) is 0.342. The summed E-state index contributed by atoms with van der Waals surface area (Å²) in [5, 5.41) is 13.0. The Morgan fingerprint density at radius 1 is 1.07 bits per heavy atom. The maximum atomic E-state index is 13.0. The van der Waals surface area contributed by atoms with Gasteiger partial charge in [-0.05, 0) is 57.7 Å². The van der Waals surface area contributed by atoms with Gasteiger partial charge in [0, 0.05) is 39.1 Å². The summed E-state index contributed by atoms with van der Waals surface area (Å²) in [4.78, 5) is 37.1. The van der Waals surface area contributed by atoms with Crippen molar-refractivity contribution in [3.8, 4) is 5.75 Å². The van der Waals surface area contributed by atoms with Crippen LogP contribution in [0.1, 0.15) is 52.5 Å². The van der Waals surface area contributed by atoms with Gasteiger partial charge in [0.2, 0.25) is 16.0 Å². The Hall–Kier alpha value is -3.61. The Balaban J connectivity index is 1.87. The van der Waals surface area contributed by atoms with Crippen LogP contribution in [0.4, 0.5) is 22.2 Å². The zero-order valence-electron chi connectivity index (χ0n) is 23.7. The number of ether oxygens (including phenoxy) is 1. The van der Waals surface area contributed by atoms with Crippen molar-refractivity contribution in [1.82, 2.24) is 14.9 Å². The SMILES string of the molecule is CCCS(=O)(=O)N(CC)c1cnc(N(CC)CC)nc1NC(Cc1ccc(OC(=O)N2CCCC2)cc1)C(=O)O. The first kappa shape index (κ1) is 30.9. The highest BCUT2D eigenvalue weighted by atomic mass is 32.2. The third-order valence-electron chi connectivity index (χ3n) is 6.70. The van der Waals surface area contributed by atoms with Crippen LogP contribution in [0, 0.1) is 0 Å². The van der Waals surface area contributed by atoms with E-state index in [1.54, 1.807) is 43.0 Å². The standard InChI is InChI=1S/C27H40N6O6S/c1-5-17-40(37,38)33(8-4)23-19-28-26(31(6-2)7-3)30-24(23)29-22(25(34)35)18-20-11-13-21(14-12-20)39-27(36)32-15-9-10-16-32/h11-14,19,22H,5-10,15-18H2,1-4H3,(H,34,35)(H,28,29,30). The summed E-state index contributed by atoms with van der Waals surface area (Å²) in [5.74, 6) is -0.314. The molecule has 2 N–H and O–H groups in total. The van der Waals surface area contributed by atoms with E-state index < -0.39 is 28.1 Å². The predicted molar refractivity (Wildman–Crippen MR) is 155 cm³/mol. The number of sulfonamides is 1. The number of amides is 1. The molecular weight excluding hydrogens is 536 g/mol. The third kappa shape index (κ3) is 7.74. The van der Waals surface area contributed by atoms with E-state index >= 15 is 0 Å². The number of hydrogen-bond acceptors (Lipinski definition) is 9. The lowest BCUT2D eigenvalue weighted by atomic mass is 10.1. The molecular formula is C27H40N6O6S. The van der Waals surface area contributed by atoms with Gasteiger partial charge in [0.15, 0.2) is 5.82 Å². The molecule has 13 heteroatoms. The number of hydrogen-bond donors (Lipinski definition) is 2. The van der Waals surface area contributed by atoms with Crippen LogP contribution in [0.2, 0.25) is 0 Å². The van der Waals surface area contributed by atoms with Crippen molar-refractivity contribution >= 4 is 39.5 Å². The fourth-order valence-electron chi connectivity index (χ4n) is 4.56. The number of carboxylic acid groups (broad SMARTS) is 1. The minimum Gasteiger partial charge on any atom is -0.480 e. The van der Waals surface area contributed by atoms with Gasteiger partial charge in [0.1, 0.15) is 17.5 Å². The predicted octanol–water partition coefficient (Wildman–Crippen LogP) is 3.59. The first-order valence-corrected chi connectivity index (χ1v) is 15.4. The zero-order valence-corrected chi connectivity index (χ0v) is 24.5. The van der Waals surface area contributed by atoms with Gasteiger partial charge in [-0.25, -0.2) is 23.0 Å². The van der Waals surface area contributed by atoms with Crippen molar-refractivity contribution in [3.63, 3.8) is 0 Å². The van der Waals surface area contributed by atoms with E-state index in [4.69, 9.17) is 4.74 Å². The van der Waals surface area contributed by atoms with Crippen LogP contribution in [0.25, 0.3) is 0 Å². The number of nitrogens with one attached hydrogen (secondary N) is 1. The monoisotopic (exact) mass is 576 g/mol. The highest BCUT2D eigenvalue weighted by molar-refractivity contribution is 7.92. The first-order valence-electron chi connectivity index (χ1n) is 13.8. The Bertz CT molecular complexity index is 1250. The molecule has 1 unspecified atom stereocenters. The van der Waals surface area contributed by atoms with Crippen LogP contribution in [0.5, 0.6) is 5.75 Å². The number of carboxylic acids is 1. The summed E-state index contributed by atoms with van der Waals surface area (Å²) in [5.41, 5.74) is 0.883. The van der Waals surface area contributed by atoms with Crippen LogP contribution in [-0.4, -0.2) is 85.0 Å². The minimum atomic E-state index is -3.67. The van der Waals surface area contributed by atoms with Crippen LogP contribution in [0.3, 0.4) is 0 Å². The molecule has 1 fully saturated rings. The minimum absolute atomic E-state index is 0.0604. The van der Waals surface area contributed by atoms with E-state index in [1.807, 2.05) is 18.7 Å². The largest absolute Gasteiger partial charge is 0.480 e. The number of aliphatic carboxylic acids is 1. The summed E-state index contributed by atoms with van der Waals surface area (Å²) in [6.45, 7) is 10.1. The number of carbonyl (C=O) groups is 2. The molecule has 0 bridgehead atoms. The zero-order chi connectivity index (χ0) is 29.3. The lowest BCUT2D eigenvalue weighted by Gasteiger charge is -2.27. The van der Waals surface area contributed by atoms with Crippen molar-refractivity contribution in [2.45, 2.75) is 59.4 Å². The van der Waals surface area contributed by atoms with E-state index in [0.29, 0.717) is 49.9 Å². The molecule has 220 valence electrons. The normalized spacial score (nSPS) is 14.1. The molecule has 1 aliphatic rings. The molecule has 0 aliphatic carbocycles. The van der Waals surface area contributed by atoms with Crippen molar-refractivity contribution in [2.24, 2.45) is 0 Å². The first-order chi connectivity index (χ1) is 19.1. The highest BCUT2D eigenvalue weighted by Crippen LogP contribution is 2.29. The van der Waals surface area contributed by atoms with E-state index in [9.17, 15) is 23.1 Å². The molecule has 12 nitrogen and oxygen atoms in total. The van der Waals surface area contributed by atoms with E-state index in [-0.39, 0.29) is 30.2 Å². The van der Waals surface area contributed by atoms with Gasteiger partial charge in [-0.2, -0.15) is 4.98 Å². The Morgan fingerprint density at radius 2 is 1.73 bits per heavy atom. The van der Waals surface area contributed by atoms with Gasteiger partial charge in [0.25, 0.3) is 0 Å². The maximum absolute atomic E-state index is 13.0. The Labute approximate surface area is 236 Å². The van der Waals surface area contributed by atoms with E-state index in [2.05, 4.69) is 15.3 Å². The van der Waals surface area contributed by atoms with Crippen molar-refractivity contribution in [2.75, 3.05) is 53.0 Å². The molecule has 1 aromatic carbocycles. The van der Waals surface area contributed by atoms with Gasteiger partial charge in [-0.3, -0.25) is 4.31 Å². The second-order valence-electron chi connectivity index (χ2n) is 9.50. The second kappa shape index (κ2) is 14.1. The molecule has 1 aromatic heterocycles. The molecule has 2 aromatic rings. The summed E-state index contributed by atoms with van der Waals surface area (Å²) >= 11 is 0. The highest BCUT2D eigenvalue weighted by Gasteiger charge is 2.28. The van der Waals surface area contributed by atoms with Gasteiger partial charge < -0.3 is 25.0 Å². The van der Waals surface area contributed by atoms with Gasteiger partial charge in [-0.1, -0.05) is 19.1 Å². The molecule has 3 rings (SSSR count). The fraction of sp³-hybridized carbons (Fsp3) is 0.556. The molecule has 2 heterocycles. The second-order valence-corrected chi connectivity index (χ2v) is 11.5. The molecule has 1 amide bonds. The molecule has 1 atom stereocenters. The summed E-state index contributed by atoms with van der Waals surface area (Å²) in [7, 11) is -3.67. The molecule has 1 aliphatic heterocycles. The van der Waals surface area contributed by atoms with Crippen LogP contribution in [0.15, 0.2) is 30.5 Å². The summed E-state index contributed by atoms with van der Waals surface area (Å²) < 4.78 is 32.7. The maximum Gasteiger partial charge on any atom is 0.415 e. The average molecular weight is 577 g/mol. The van der Waals surface area contributed by atoms with E-state index in [0.717, 1.165) is 12.8 Å². The number of carbonyl (C=O) groups excluding carboxylic acids is 1. The van der Waals surface area contributed by atoms with Crippen LogP contribution in [-0.2, 0) is 21.2 Å². The topological polar surface area (TPSA) is 145 Å². The van der Waals surface area contributed by atoms with Crippen molar-refractivity contribution in [3.05, 3.63) is 36.0 Å². The summed E-state index contributed by atoms with van der Waals surface area (Å²) in [6, 6.07) is 5.55. The number of rotatable bonds is 14. The van der Waals surface area contributed by atoms with Crippen LogP contribution < -0.4 is 19.3 Å². The molecule has 40 heavy (non-hydrogen) atoms. The third-order valence-corrected chi connectivity index (χ3v) is 8.75.